The summed E-state index contributed by atoms with van der Waals surface area (Å²) in [4.78, 5) is 0. The number of ether oxygens (including phenoxy) is 4. The van der Waals surface area contributed by atoms with Crippen LogP contribution in [0.15, 0.2) is 0 Å². The van der Waals surface area contributed by atoms with Gasteiger partial charge in [-0.2, -0.15) is 0 Å². The van der Waals surface area contributed by atoms with Crippen LogP contribution in [0.3, 0.4) is 0 Å². The summed E-state index contributed by atoms with van der Waals surface area (Å²) < 4.78 is 20.6. The molecule has 13 heteroatoms. The van der Waals surface area contributed by atoms with Crippen LogP contribution < -0.4 is 0 Å². The molecule has 28 heavy (non-hydrogen) atoms. The fourth-order valence-electron chi connectivity index (χ4n) is 2.96. The molecule has 0 aliphatic carbocycles. The van der Waals surface area contributed by atoms with E-state index in [0.29, 0.717) is 0 Å². The molecule has 0 unspecified atom stereocenters. The summed E-state index contributed by atoms with van der Waals surface area (Å²) in [5, 5.41) is 86.2. The lowest BCUT2D eigenvalue weighted by Gasteiger charge is -2.24. The van der Waals surface area contributed by atoms with E-state index in [1.807, 2.05) is 0 Å². The Morgan fingerprint density at radius 2 is 1.18 bits per heavy atom. The van der Waals surface area contributed by atoms with Gasteiger partial charge in [-0.15, -0.1) is 0 Å². The van der Waals surface area contributed by atoms with Crippen LogP contribution in [-0.4, -0.2) is 140 Å². The first kappa shape index (κ1) is 23.8. The van der Waals surface area contributed by atoms with Crippen molar-refractivity contribution < 1.29 is 64.9 Å². The second-order valence-electron chi connectivity index (χ2n) is 6.67. The van der Waals surface area contributed by atoms with Crippen molar-refractivity contribution in [1.29, 1.82) is 0 Å². The maximum absolute atomic E-state index is 10.2. The number of aliphatic hydroxyl groups excluding tert-OH is 9. The molecule has 2 fully saturated rings. The van der Waals surface area contributed by atoms with Crippen molar-refractivity contribution in [2.75, 3.05) is 26.4 Å². The quantitative estimate of drug-likeness (QED) is 0.162. The molecule has 0 amide bonds. The zero-order valence-electron chi connectivity index (χ0n) is 14.8. The molecule has 2 rings (SSSR count). The van der Waals surface area contributed by atoms with Crippen molar-refractivity contribution in [3.05, 3.63) is 0 Å². The maximum atomic E-state index is 10.2. The molecule has 2 heterocycles. The van der Waals surface area contributed by atoms with Gasteiger partial charge in [-0.05, 0) is 0 Å². The Kier molecular flexibility index (Phi) is 8.90. The highest BCUT2D eigenvalue weighted by atomic mass is 16.7. The lowest BCUT2D eigenvalue weighted by molar-refractivity contribution is -0.225. The molecule has 2 saturated heterocycles. The number of hydrogen-bond acceptors (Lipinski definition) is 13. The van der Waals surface area contributed by atoms with Crippen molar-refractivity contribution in [2.45, 2.75) is 67.5 Å². The molecule has 0 aromatic carbocycles. The first-order chi connectivity index (χ1) is 13.2. The van der Waals surface area contributed by atoms with Crippen LogP contribution >= 0.6 is 0 Å². The summed E-state index contributed by atoms with van der Waals surface area (Å²) in [5.74, 6) is 0. The Morgan fingerprint density at radius 1 is 0.679 bits per heavy atom. The van der Waals surface area contributed by atoms with E-state index in [4.69, 9.17) is 34.3 Å². The Morgan fingerprint density at radius 3 is 1.71 bits per heavy atom. The van der Waals surface area contributed by atoms with Crippen molar-refractivity contribution >= 4 is 0 Å². The van der Waals surface area contributed by atoms with Gasteiger partial charge < -0.3 is 64.9 Å². The highest BCUT2D eigenvalue weighted by molar-refractivity contribution is 4.93. The summed E-state index contributed by atoms with van der Waals surface area (Å²) in [6, 6.07) is 0. The van der Waals surface area contributed by atoms with Crippen LogP contribution in [0.2, 0.25) is 0 Å². The molecule has 2 aliphatic rings. The summed E-state index contributed by atoms with van der Waals surface area (Å²) in [6.45, 7) is -2.39. The van der Waals surface area contributed by atoms with Gasteiger partial charge in [0.25, 0.3) is 0 Å². The minimum absolute atomic E-state index is 0.555. The van der Waals surface area contributed by atoms with Gasteiger partial charge in [-0.25, -0.2) is 0 Å². The summed E-state index contributed by atoms with van der Waals surface area (Å²) >= 11 is 0. The van der Waals surface area contributed by atoms with Crippen LogP contribution in [0, 0.1) is 0 Å². The fourth-order valence-corrected chi connectivity index (χ4v) is 2.96. The third kappa shape index (κ3) is 5.14. The van der Waals surface area contributed by atoms with E-state index in [1.165, 1.54) is 0 Å². The normalized spacial score (nSPS) is 40.9. The van der Waals surface area contributed by atoms with Crippen molar-refractivity contribution in [3.63, 3.8) is 0 Å². The molecular formula is C15H28O13. The standard InChI is InChI=1S/C15H28O13/c16-1-5(2-17)26-15-11(24)9(22)13(28-15)7(20)4-25-14-10(23)8(21)12(27-14)6(19)3-18/h5-24H,1-4H2/t6-,7-,8-,9-,10-,11-,12+,13+,14-,15-/m1/s1. The zero-order valence-corrected chi connectivity index (χ0v) is 14.8. The third-order valence-electron chi connectivity index (χ3n) is 4.62. The van der Waals surface area contributed by atoms with E-state index < -0.39 is 93.9 Å². The Bertz CT molecular complexity index is 463. The predicted octanol–water partition coefficient (Wildman–Crippen LogP) is -6.02. The van der Waals surface area contributed by atoms with E-state index in [0.717, 1.165) is 0 Å². The van der Waals surface area contributed by atoms with Gasteiger partial charge in [0, 0.05) is 0 Å². The largest absolute Gasteiger partial charge is 0.394 e. The number of rotatable bonds is 10. The number of hydrogen-bond donors (Lipinski definition) is 9. The predicted molar refractivity (Wildman–Crippen MR) is 85.4 cm³/mol. The number of aliphatic hydroxyl groups is 9. The van der Waals surface area contributed by atoms with Crippen LogP contribution in [0.25, 0.3) is 0 Å². The second kappa shape index (κ2) is 10.5. The Hall–Kier alpha value is -0.520. The monoisotopic (exact) mass is 416 g/mol. The zero-order chi connectivity index (χ0) is 21.0. The molecule has 0 aromatic rings. The Labute approximate surface area is 159 Å². The van der Waals surface area contributed by atoms with Gasteiger partial charge in [-0.1, -0.05) is 0 Å². The van der Waals surface area contributed by atoms with E-state index >= 15 is 0 Å². The summed E-state index contributed by atoms with van der Waals surface area (Å²) in [7, 11) is 0. The molecule has 2 aliphatic heterocycles. The van der Waals surface area contributed by atoms with Gasteiger partial charge in [0.2, 0.25) is 0 Å². The summed E-state index contributed by atoms with van der Waals surface area (Å²) in [6.07, 6.45) is -15.8. The molecule has 9 N–H and O–H groups in total. The third-order valence-corrected chi connectivity index (χ3v) is 4.62. The average molecular weight is 416 g/mol. The van der Waals surface area contributed by atoms with Gasteiger partial charge in [0.05, 0.1) is 26.4 Å². The average Bonchev–Trinajstić information content (AvgIpc) is 3.14. The van der Waals surface area contributed by atoms with E-state index in [-0.39, 0.29) is 0 Å². The molecule has 166 valence electrons. The summed E-state index contributed by atoms with van der Waals surface area (Å²) in [5.41, 5.74) is 0. The molecule has 0 bridgehead atoms. The first-order valence-electron chi connectivity index (χ1n) is 8.74. The molecule has 13 nitrogen and oxygen atoms in total. The Balaban J connectivity index is 1.88. The van der Waals surface area contributed by atoms with Gasteiger partial charge >= 0.3 is 0 Å². The maximum Gasteiger partial charge on any atom is 0.187 e. The van der Waals surface area contributed by atoms with Crippen LogP contribution in [0.1, 0.15) is 0 Å². The van der Waals surface area contributed by atoms with Crippen molar-refractivity contribution in [2.24, 2.45) is 0 Å². The minimum Gasteiger partial charge on any atom is -0.394 e. The van der Waals surface area contributed by atoms with Crippen LogP contribution in [0.4, 0.5) is 0 Å². The molecule has 0 saturated carbocycles. The lowest BCUT2D eigenvalue weighted by atomic mass is 10.1. The van der Waals surface area contributed by atoms with Crippen LogP contribution in [-0.2, 0) is 18.9 Å². The molecule has 0 aromatic heterocycles. The smallest absolute Gasteiger partial charge is 0.187 e. The molecule has 0 radical (unpaired) electrons. The van der Waals surface area contributed by atoms with E-state index in [9.17, 15) is 30.6 Å². The van der Waals surface area contributed by atoms with Gasteiger partial charge in [0.1, 0.15) is 54.9 Å². The highest BCUT2D eigenvalue weighted by Gasteiger charge is 2.49. The fraction of sp³-hybridized carbons (Fsp3) is 1.00. The molecule has 10 atom stereocenters. The molecular weight excluding hydrogens is 388 g/mol. The van der Waals surface area contributed by atoms with Gasteiger partial charge in [-0.3, -0.25) is 0 Å². The van der Waals surface area contributed by atoms with Gasteiger partial charge in [0.15, 0.2) is 12.6 Å². The van der Waals surface area contributed by atoms with E-state index in [2.05, 4.69) is 0 Å². The topological polar surface area (TPSA) is 219 Å². The first-order valence-corrected chi connectivity index (χ1v) is 8.74. The molecule has 0 spiro atoms. The SMILES string of the molecule is OCC(CO)O[C@@H]1O[C@@H]([C@H](O)CO[C@@H]2O[C@@H]([C@H](O)CO)[C@H](O)[C@H]2O)[C@H](O)[C@H]1O. The lowest BCUT2D eigenvalue weighted by Crippen LogP contribution is -2.43. The second-order valence-corrected chi connectivity index (χ2v) is 6.67. The minimum atomic E-state index is -1.58. The van der Waals surface area contributed by atoms with E-state index in [1.54, 1.807) is 0 Å². The highest BCUT2D eigenvalue weighted by Crippen LogP contribution is 2.28. The van der Waals surface area contributed by atoms with Crippen molar-refractivity contribution in [3.8, 4) is 0 Å². The van der Waals surface area contributed by atoms with Crippen LogP contribution in [0.5, 0.6) is 0 Å². The van der Waals surface area contributed by atoms with Crippen molar-refractivity contribution in [1.82, 2.24) is 0 Å².